The summed E-state index contributed by atoms with van der Waals surface area (Å²) in [5, 5.41) is 11.9. The predicted octanol–water partition coefficient (Wildman–Crippen LogP) is 2.24. The number of nitrogens with one attached hydrogen (secondary N) is 1. The molecule has 1 unspecified atom stereocenters. The van der Waals surface area contributed by atoms with Crippen molar-refractivity contribution in [3.63, 3.8) is 0 Å². The van der Waals surface area contributed by atoms with Gasteiger partial charge in [0.15, 0.2) is 0 Å². The topological polar surface area (TPSA) is 52.6 Å². The van der Waals surface area contributed by atoms with Crippen LogP contribution in [0.5, 0.6) is 0 Å². The van der Waals surface area contributed by atoms with Gasteiger partial charge in [-0.3, -0.25) is 9.69 Å². The fraction of sp³-hybridized carbons (Fsp3) is 0.278. The van der Waals surface area contributed by atoms with Crippen LogP contribution in [0.1, 0.15) is 22.7 Å². The number of aliphatic hydroxyl groups is 1. The summed E-state index contributed by atoms with van der Waals surface area (Å²) in [5.74, 6) is -0.653. The molecule has 0 aromatic heterocycles. The number of hydrogen-bond donors (Lipinski definition) is 2. The molecular weight excluding hydrogens is 295 g/mol. The monoisotopic (exact) mass is 316 g/mol. The number of halogens is 1. The number of carbonyl (C=O) groups is 1. The first-order chi connectivity index (χ1) is 11.0. The van der Waals surface area contributed by atoms with Crippen LogP contribution in [0.3, 0.4) is 0 Å². The molecule has 2 aromatic rings. The lowest BCUT2D eigenvalue weighted by atomic mass is 10.0. The molecule has 2 aromatic carbocycles. The summed E-state index contributed by atoms with van der Waals surface area (Å²) in [6, 6.07) is 12.9. The quantitative estimate of drug-likeness (QED) is 0.859. The van der Waals surface area contributed by atoms with Crippen LogP contribution < -0.4 is 5.32 Å². The molecule has 0 aliphatic carbocycles. The first kappa shape index (κ1) is 17.1. The average Bonchev–Trinajstić information content (AvgIpc) is 2.55. The minimum Gasteiger partial charge on any atom is -0.392 e. The Hall–Kier alpha value is -2.24. The van der Waals surface area contributed by atoms with E-state index in [4.69, 9.17) is 5.11 Å². The van der Waals surface area contributed by atoms with Gasteiger partial charge in [0, 0.05) is 12.1 Å². The molecule has 5 heteroatoms. The number of hydrogen-bond acceptors (Lipinski definition) is 3. The van der Waals surface area contributed by atoms with Crippen molar-refractivity contribution in [2.45, 2.75) is 19.2 Å². The Labute approximate surface area is 135 Å². The number of aliphatic hydroxyl groups excluding tert-OH is 1. The fourth-order valence-electron chi connectivity index (χ4n) is 2.40. The average molecular weight is 316 g/mol. The fourth-order valence-corrected chi connectivity index (χ4v) is 2.40. The van der Waals surface area contributed by atoms with Gasteiger partial charge < -0.3 is 10.4 Å². The lowest BCUT2D eigenvalue weighted by Gasteiger charge is -2.24. The van der Waals surface area contributed by atoms with Crippen LogP contribution in [-0.4, -0.2) is 30.0 Å². The molecule has 23 heavy (non-hydrogen) atoms. The van der Waals surface area contributed by atoms with E-state index < -0.39 is 11.9 Å². The van der Waals surface area contributed by atoms with Gasteiger partial charge in [0.1, 0.15) is 11.9 Å². The Morgan fingerprint density at radius 2 is 1.74 bits per heavy atom. The van der Waals surface area contributed by atoms with Crippen molar-refractivity contribution in [2.24, 2.45) is 0 Å². The van der Waals surface area contributed by atoms with Crippen molar-refractivity contribution in [1.29, 1.82) is 0 Å². The molecule has 1 amide bonds. The van der Waals surface area contributed by atoms with Gasteiger partial charge >= 0.3 is 0 Å². The summed E-state index contributed by atoms with van der Waals surface area (Å²) in [7, 11) is 3.49. The highest BCUT2D eigenvalue weighted by molar-refractivity contribution is 5.83. The van der Waals surface area contributed by atoms with Crippen molar-refractivity contribution >= 4 is 5.91 Å². The standard InChI is InChI=1S/C18H21FN2O2/c1-21(2)17(15-5-3-4-6-16(15)19)18(23)20-11-13-7-9-14(12-22)10-8-13/h3-10,17,22H,11-12H2,1-2H3,(H,20,23). The molecule has 0 bridgehead atoms. The highest BCUT2D eigenvalue weighted by Crippen LogP contribution is 2.21. The van der Waals surface area contributed by atoms with Crippen LogP contribution in [0.2, 0.25) is 0 Å². The molecule has 4 nitrogen and oxygen atoms in total. The van der Waals surface area contributed by atoms with E-state index in [0.717, 1.165) is 11.1 Å². The highest BCUT2D eigenvalue weighted by atomic mass is 19.1. The molecule has 0 saturated heterocycles. The number of nitrogens with zero attached hydrogens (tertiary/aromatic N) is 1. The maximum atomic E-state index is 14.0. The normalized spacial score (nSPS) is 12.2. The van der Waals surface area contributed by atoms with Crippen LogP contribution in [-0.2, 0) is 17.9 Å². The minimum atomic E-state index is -0.687. The van der Waals surface area contributed by atoms with E-state index >= 15 is 0 Å². The number of carbonyl (C=O) groups excluding carboxylic acids is 1. The molecule has 0 saturated carbocycles. The van der Waals surface area contributed by atoms with Gasteiger partial charge in [0.05, 0.1) is 6.61 Å². The molecule has 0 aliphatic heterocycles. The van der Waals surface area contributed by atoms with E-state index in [-0.39, 0.29) is 12.5 Å². The Kier molecular flexibility index (Phi) is 5.84. The maximum Gasteiger partial charge on any atom is 0.242 e. The van der Waals surface area contributed by atoms with Gasteiger partial charge in [0.2, 0.25) is 5.91 Å². The van der Waals surface area contributed by atoms with E-state index in [2.05, 4.69) is 5.32 Å². The van der Waals surface area contributed by atoms with E-state index in [1.165, 1.54) is 6.07 Å². The molecular formula is C18H21FN2O2. The Bertz CT molecular complexity index is 656. The first-order valence-corrected chi connectivity index (χ1v) is 7.40. The zero-order valence-corrected chi connectivity index (χ0v) is 13.3. The van der Waals surface area contributed by atoms with Crippen LogP contribution in [0, 0.1) is 5.82 Å². The zero-order chi connectivity index (χ0) is 16.8. The van der Waals surface area contributed by atoms with Gasteiger partial charge in [-0.05, 0) is 31.3 Å². The molecule has 2 rings (SSSR count). The summed E-state index contributed by atoms with van der Waals surface area (Å²) < 4.78 is 14.0. The summed E-state index contributed by atoms with van der Waals surface area (Å²) >= 11 is 0. The summed E-state index contributed by atoms with van der Waals surface area (Å²) in [6.07, 6.45) is 0. The van der Waals surface area contributed by atoms with Crippen molar-refractivity contribution in [3.8, 4) is 0 Å². The van der Waals surface area contributed by atoms with Gasteiger partial charge in [-0.25, -0.2) is 4.39 Å². The molecule has 0 heterocycles. The summed E-state index contributed by atoms with van der Waals surface area (Å²) in [4.78, 5) is 14.2. The lowest BCUT2D eigenvalue weighted by molar-refractivity contribution is -0.126. The van der Waals surface area contributed by atoms with E-state index in [0.29, 0.717) is 12.1 Å². The number of benzene rings is 2. The van der Waals surface area contributed by atoms with Crippen molar-refractivity contribution in [3.05, 3.63) is 71.0 Å². The third-order valence-corrected chi connectivity index (χ3v) is 3.64. The third-order valence-electron chi connectivity index (χ3n) is 3.64. The van der Waals surface area contributed by atoms with Gasteiger partial charge in [-0.2, -0.15) is 0 Å². The second-order valence-corrected chi connectivity index (χ2v) is 5.58. The smallest absolute Gasteiger partial charge is 0.242 e. The number of amides is 1. The summed E-state index contributed by atoms with van der Waals surface area (Å²) in [5.41, 5.74) is 2.09. The largest absolute Gasteiger partial charge is 0.392 e. The number of rotatable bonds is 6. The van der Waals surface area contributed by atoms with E-state index in [1.807, 2.05) is 24.3 Å². The molecule has 122 valence electrons. The molecule has 0 spiro atoms. The first-order valence-electron chi connectivity index (χ1n) is 7.40. The highest BCUT2D eigenvalue weighted by Gasteiger charge is 2.25. The van der Waals surface area contributed by atoms with Crippen LogP contribution >= 0.6 is 0 Å². The van der Waals surface area contributed by atoms with E-state index in [1.54, 1.807) is 37.2 Å². The van der Waals surface area contributed by atoms with Crippen molar-refractivity contribution in [2.75, 3.05) is 14.1 Å². The lowest BCUT2D eigenvalue weighted by Crippen LogP contribution is -2.37. The van der Waals surface area contributed by atoms with Gasteiger partial charge in [0.25, 0.3) is 0 Å². The molecule has 0 fully saturated rings. The minimum absolute atomic E-state index is 0.0113. The predicted molar refractivity (Wildman–Crippen MR) is 87.0 cm³/mol. The Morgan fingerprint density at radius 3 is 2.30 bits per heavy atom. The second-order valence-electron chi connectivity index (χ2n) is 5.58. The second kappa shape index (κ2) is 7.85. The molecule has 0 radical (unpaired) electrons. The van der Waals surface area contributed by atoms with Crippen molar-refractivity contribution < 1.29 is 14.3 Å². The Morgan fingerprint density at radius 1 is 1.13 bits per heavy atom. The SMILES string of the molecule is CN(C)C(C(=O)NCc1ccc(CO)cc1)c1ccccc1F. The zero-order valence-electron chi connectivity index (χ0n) is 13.3. The van der Waals surface area contributed by atoms with Crippen LogP contribution in [0.25, 0.3) is 0 Å². The Balaban J connectivity index is 2.08. The molecule has 1 atom stereocenters. The van der Waals surface area contributed by atoms with Crippen molar-refractivity contribution in [1.82, 2.24) is 10.2 Å². The van der Waals surface area contributed by atoms with Gasteiger partial charge in [-0.1, -0.05) is 42.5 Å². The third kappa shape index (κ3) is 4.37. The summed E-state index contributed by atoms with van der Waals surface area (Å²) in [6.45, 7) is 0.339. The van der Waals surface area contributed by atoms with Gasteiger partial charge in [-0.15, -0.1) is 0 Å². The number of likely N-dealkylation sites (N-methyl/N-ethyl adjacent to an activating group) is 1. The van der Waals surface area contributed by atoms with Crippen LogP contribution in [0.4, 0.5) is 4.39 Å². The van der Waals surface area contributed by atoms with Crippen LogP contribution in [0.15, 0.2) is 48.5 Å². The van der Waals surface area contributed by atoms with E-state index in [9.17, 15) is 9.18 Å². The molecule has 2 N–H and O–H groups in total. The maximum absolute atomic E-state index is 14.0. The molecule has 0 aliphatic rings.